The lowest BCUT2D eigenvalue weighted by Crippen LogP contribution is -2.40. The average Bonchev–Trinajstić information content (AvgIpc) is 3.20. The van der Waals surface area contributed by atoms with E-state index in [9.17, 15) is 4.79 Å². The van der Waals surface area contributed by atoms with Crippen LogP contribution in [-0.4, -0.2) is 66.7 Å². The molecule has 0 aromatic carbocycles. The Morgan fingerprint density at radius 2 is 1.89 bits per heavy atom. The third kappa shape index (κ3) is 3.30. The number of morpholine rings is 1. The van der Waals surface area contributed by atoms with Crippen molar-refractivity contribution < 1.29 is 9.53 Å². The number of aryl methyl sites for hydroxylation is 2. The fourth-order valence-electron chi connectivity index (χ4n) is 3.46. The lowest BCUT2D eigenvalue weighted by Gasteiger charge is -2.26. The summed E-state index contributed by atoms with van der Waals surface area (Å²) >= 11 is 0. The zero-order valence-corrected chi connectivity index (χ0v) is 15.8. The van der Waals surface area contributed by atoms with E-state index in [1.165, 1.54) is 0 Å². The quantitative estimate of drug-likeness (QED) is 0.682. The maximum absolute atomic E-state index is 12.4. The van der Waals surface area contributed by atoms with Crippen LogP contribution in [0.1, 0.15) is 29.2 Å². The summed E-state index contributed by atoms with van der Waals surface area (Å²) in [7, 11) is 0. The molecular weight excluding hydrogens is 346 g/mol. The first-order chi connectivity index (χ1) is 13.0. The van der Waals surface area contributed by atoms with E-state index < -0.39 is 0 Å². The fourth-order valence-corrected chi connectivity index (χ4v) is 3.46. The monoisotopic (exact) mass is 369 g/mol. The number of hydrogen-bond acceptors (Lipinski definition) is 6. The molecule has 0 saturated carbocycles. The first-order valence-electron chi connectivity index (χ1n) is 9.14. The van der Waals surface area contributed by atoms with Gasteiger partial charge < -0.3 is 9.64 Å². The van der Waals surface area contributed by atoms with Gasteiger partial charge in [-0.2, -0.15) is 9.61 Å². The Bertz CT molecular complexity index is 985. The molecule has 1 aliphatic rings. The number of amides is 1. The molecule has 142 valence electrons. The second-order valence-electron chi connectivity index (χ2n) is 6.76. The van der Waals surface area contributed by atoms with Gasteiger partial charge in [-0.1, -0.05) is 0 Å². The van der Waals surface area contributed by atoms with Crippen LogP contribution >= 0.6 is 0 Å². The van der Waals surface area contributed by atoms with Gasteiger partial charge in [0.25, 0.3) is 0 Å². The average molecular weight is 369 g/mol. The molecule has 0 unspecified atom stereocenters. The minimum Gasteiger partial charge on any atom is -0.378 e. The smallest absolute Gasteiger partial charge is 0.223 e. The number of fused-ring (bicyclic) bond motifs is 1. The van der Waals surface area contributed by atoms with Gasteiger partial charge in [-0.05, 0) is 44.9 Å². The maximum Gasteiger partial charge on any atom is 0.223 e. The predicted molar refractivity (Wildman–Crippen MR) is 97.8 cm³/mol. The summed E-state index contributed by atoms with van der Waals surface area (Å²) in [4.78, 5) is 14.3. The molecule has 3 aromatic rings. The molecule has 1 amide bonds. The van der Waals surface area contributed by atoms with E-state index in [-0.39, 0.29) is 5.91 Å². The topological polar surface area (TPSA) is 90.4 Å². The van der Waals surface area contributed by atoms with E-state index in [0.717, 1.165) is 22.8 Å². The normalized spacial score (nSPS) is 14.9. The fraction of sp³-hybridized carbons (Fsp3) is 0.500. The summed E-state index contributed by atoms with van der Waals surface area (Å²) in [6, 6.07) is 3.76. The molecule has 0 aliphatic carbocycles. The zero-order valence-electron chi connectivity index (χ0n) is 15.8. The highest BCUT2D eigenvalue weighted by Crippen LogP contribution is 2.19. The van der Waals surface area contributed by atoms with Crippen molar-refractivity contribution in [1.29, 1.82) is 0 Å². The van der Waals surface area contributed by atoms with Crippen LogP contribution < -0.4 is 0 Å². The Morgan fingerprint density at radius 3 is 2.67 bits per heavy atom. The number of ether oxygens (including phenoxy) is 1. The molecule has 9 heteroatoms. The van der Waals surface area contributed by atoms with Gasteiger partial charge in [0.15, 0.2) is 17.3 Å². The summed E-state index contributed by atoms with van der Waals surface area (Å²) < 4.78 is 8.84. The van der Waals surface area contributed by atoms with Gasteiger partial charge in [-0.15, -0.1) is 15.3 Å². The van der Waals surface area contributed by atoms with Gasteiger partial charge in [0.1, 0.15) is 0 Å². The molecular formula is C18H23N7O2. The number of rotatable bonds is 4. The van der Waals surface area contributed by atoms with E-state index in [1.54, 1.807) is 4.52 Å². The van der Waals surface area contributed by atoms with Crippen LogP contribution in [0.5, 0.6) is 0 Å². The summed E-state index contributed by atoms with van der Waals surface area (Å²) in [6.07, 6.45) is 1.14. The standard InChI is InChI=1S/C18H23N7O2/c1-12-15(4-7-18(26)23-8-10-27-11-9-23)13(2)24(21-12)17-6-5-16-20-19-14(3)25(16)22-17/h5-6H,4,7-11H2,1-3H3. The van der Waals surface area contributed by atoms with E-state index in [2.05, 4.69) is 20.4 Å². The Hall–Kier alpha value is -2.81. The molecule has 1 aliphatic heterocycles. The van der Waals surface area contributed by atoms with Crippen molar-refractivity contribution in [3.63, 3.8) is 0 Å². The third-order valence-electron chi connectivity index (χ3n) is 5.02. The van der Waals surface area contributed by atoms with Crippen LogP contribution in [0.25, 0.3) is 11.5 Å². The van der Waals surface area contributed by atoms with Crippen LogP contribution in [0, 0.1) is 20.8 Å². The lowest BCUT2D eigenvalue weighted by molar-refractivity contribution is -0.135. The number of carbonyl (C=O) groups excluding carboxylic acids is 1. The molecule has 0 N–H and O–H groups in total. The molecule has 0 bridgehead atoms. The highest BCUT2D eigenvalue weighted by atomic mass is 16.5. The minimum atomic E-state index is 0.171. The van der Waals surface area contributed by atoms with Gasteiger partial charge >= 0.3 is 0 Å². The highest BCUT2D eigenvalue weighted by Gasteiger charge is 2.19. The van der Waals surface area contributed by atoms with Crippen molar-refractivity contribution in [2.75, 3.05) is 26.3 Å². The Morgan fingerprint density at radius 1 is 1.11 bits per heavy atom. The van der Waals surface area contributed by atoms with Crippen LogP contribution in [0.2, 0.25) is 0 Å². The molecule has 1 saturated heterocycles. The molecule has 27 heavy (non-hydrogen) atoms. The number of aromatic nitrogens is 6. The van der Waals surface area contributed by atoms with Crippen LogP contribution in [0.4, 0.5) is 0 Å². The van der Waals surface area contributed by atoms with Crippen molar-refractivity contribution >= 4 is 11.6 Å². The van der Waals surface area contributed by atoms with E-state index in [0.29, 0.717) is 50.6 Å². The molecule has 0 radical (unpaired) electrons. The van der Waals surface area contributed by atoms with Gasteiger partial charge in [0.2, 0.25) is 5.91 Å². The number of nitrogens with zero attached hydrogens (tertiary/aromatic N) is 7. The number of carbonyl (C=O) groups is 1. The van der Waals surface area contributed by atoms with Crippen LogP contribution in [0.3, 0.4) is 0 Å². The van der Waals surface area contributed by atoms with Gasteiger partial charge in [-0.3, -0.25) is 4.79 Å². The van der Waals surface area contributed by atoms with E-state index in [4.69, 9.17) is 4.74 Å². The van der Waals surface area contributed by atoms with Gasteiger partial charge in [-0.25, -0.2) is 4.68 Å². The molecule has 3 aromatic heterocycles. The van der Waals surface area contributed by atoms with E-state index >= 15 is 0 Å². The summed E-state index contributed by atoms with van der Waals surface area (Å²) in [5, 5.41) is 17.3. The van der Waals surface area contributed by atoms with Gasteiger partial charge in [0, 0.05) is 25.2 Å². The second kappa shape index (κ2) is 7.07. The molecule has 4 rings (SSSR count). The predicted octanol–water partition coefficient (Wildman–Crippen LogP) is 1.03. The highest BCUT2D eigenvalue weighted by molar-refractivity contribution is 5.76. The van der Waals surface area contributed by atoms with Crippen molar-refractivity contribution in [2.45, 2.75) is 33.6 Å². The largest absolute Gasteiger partial charge is 0.378 e. The molecule has 0 atom stereocenters. The SMILES string of the molecule is Cc1nn(-c2ccc3nnc(C)n3n2)c(C)c1CCC(=O)N1CCOCC1. The zero-order chi connectivity index (χ0) is 19.0. The van der Waals surface area contributed by atoms with Gasteiger partial charge in [0.05, 0.1) is 18.9 Å². The van der Waals surface area contributed by atoms with Crippen molar-refractivity contribution in [1.82, 2.24) is 34.5 Å². The minimum absolute atomic E-state index is 0.171. The Balaban J connectivity index is 1.55. The molecule has 1 fully saturated rings. The third-order valence-corrected chi connectivity index (χ3v) is 5.02. The Kier molecular flexibility index (Phi) is 4.61. The first kappa shape index (κ1) is 17.6. The molecule has 4 heterocycles. The van der Waals surface area contributed by atoms with Crippen molar-refractivity contribution in [3.05, 3.63) is 34.9 Å². The first-order valence-corrected chi connectivity index (χ1v) is 9.14. The molecule has 0 spiro atoms. The molecule has 9 nitrogen and oxygen atoms in total. The Labute approximate surface area is 156 Å². The summed E-state index contributed by atoms with van der Waals surface area (Å²) in [5.74, 6) is 1.60. The lowest BCUT2D eigenvalue weighted by atomic mass is 10.1. The summed E-state index contributed by atoms with van der Waals surface area (Å²) in [6.45, 7) is 8.45. The summed E-state index contributed by atoms with van der Waals surface area (Å²) in [5.41, 5.74) is 3.72. The van der Waals surface area contributed by atoms with Crippen molar-refractivity contribution in [2.24, 2.45) is 0 Å². The van der Waals surface area contributed by atoms with Crippen LogP contribution in [-0.2, 0) is 16.0 Å². The second-order valence-corrected chi connectivity index (χ2v) is 6.76. The van der Waals surface area contributed by atoms with Crippen molar-refractivity contribution in [3.8, 4) is 5.82 Å². The van der Waals surface area contributed by atoms with E-state index in [1.807, 2.05) is 42.5 Å². The van der Waals surface area contributed by atoms with Crippen LogP contribution in [0.15, 0.2) is 12.1 Å². The maximum atomic E-state index is 12.4. The number of hydrogen-bond donors (Lipinski definition) is 0.